The maximum Gasteiger partial charge on any atom is 0.0897 e. The standard InChI is InChI=1S/C12H25NO4/c1-15-7-8-16-5-2-6-17-10-12(14)9-13-11-3-4-11/h11-14H,2-10H2,1H3. The zero-order chi connectivity index (χ0) is 12.3. The molecule has 0 aromatic heterocycles. The van der Waals surface area contributed by atoms with Crippen LogP contribution in [0.5, 0.6) is 0 Å². The minimum atomic E-state index is -0.398. The number of hydrogen-bond donors (Lipinski definition) is 2. The van der Waals surface area contributed by atoms with Crippen molar-refractivity contribution in [3.8, 4) is 0 Å². The maximum atomic E-state index is 9.56. The summed E-state index contributed by atoms with van der Waals surface area (Å²) in [5, 5.41) is 12.8. The van der Waals surface area contributed by atoms with E-state index in [2.05, 4.69) is 5.32 Å². The van der Waals surface area contributed by atoms with E-state index in [1.165, 1.54) is 12.8 Å². The topological polar surface area (TPSA) is 60.0 Å². The normalized spacial score (nSPS) is 17.3. The van der Waals surface area contributed by atoms with E-state index in [1.807, 2.05) is 0 Å². The van der Waals surface area contributed by atoms with Gasteiger partial charge in [0.15, 0.2) is 0 Å². The van der Waals surface area contributed by atoms with Gasteiger partial charge in [-0.05, 0) is 19.3 Å². The molecule has 1 saturated carbocycles. The molecule has 17 heavy (non-hydrogen) atoms. The van der Waals surface area contributed by atoms with Gasteiger partial charge in [-0.2, -0.15) is 0 Å². The summed E-state index contributed by atoms with van der Waals surface area (Å²) in [6.07, 6.45) is 2.94. The van der Waals surface area contributed by atoms with Crippen LogP contribution in [0.15, 0.2) is 0 Å². The number of aliphatic hydroxyl groups is 1. The first-order valence-corrected chi connectivity index (χ1v) is 6.39. The molecule has 0 spiro atoms. The quantitative estimate of drug-likeness (QED) is 0.481. The minimum Gasteiger partial charge on any atom is -0.389 e. The molecule has 0 aromatic rings. The minimum absolute atomic E-state index is 0.398. The largest absolute Gasteiger partial charge is 0.389 e. The van der Waals surface area contributed by atoms with Crippen molar-refractivity contribution in [1.29, 1.82) is 0 Å². The fourth-order valence-corrected chi connectivity index (χ4v) is 1.38. The predicted octanol–water partition coefficient (Wildman–Crippen LogP) is 0.169. The monoisotopic (exact) mass is 247 g/mol. The molecule has 0 amide bonds. The van der Waals surface area contributed by atoms with Crippen molar-refractivity contribution in [3.05, 3.63) is 0 Å². The lowest BCUT2D eigenvalue weighted by atomic mass is 10.3. The summed E-state index contributed by atoms with van der Waals surface area (Å²) in [7, 11) is 1.66. The molecule has 0 radical (unpaired) electrons. The lowest BCUT2D eigenvalue weighted by Gasteiger charge is -2.12. The Kier molecular flexibility index (Phi) is 8.56. The number of hydrogen-bond acceptors (Lipinski definition) is 5. The van der Waals surface area contributed by atoms with Gasteiger partial charge in [-0.1, -0.05) is 0 Å². The Labute approximate surface area is 103 Å². The second-order valence-electron chi connectivity index (χ2n) is 4.37. The number of aliphatic hydroxyl groups excluding tert-OH is 1. The molecule has 5 nitrogen and oxygen atoms in total. The van der Waals surface area contributed by atoms with Crippen LogP contribution in [0, 0.1) is 0 Å². The second-order valence-corrected chi connectivity index (χ2v) is 4.37. The maximum absolute atomic E-state index is 9.56. The lowest BCUT2D eigenvalue weighted by molar-refractivity contribution is 0.0190. The Hall–Kier alpha value is -0.200. The van der Waals surface area contributed by atoms with Gasteiger partial charge in [-0.15, -0.1) is 0 Å². The van der Waals surface area contributed by atoms with Crippen molar-refractivity contribution >= 4 is 0 Å². The van der Waals surface area contributed by atoms with Crippen LogP contribution in [0.1, 0.15) is 19.3 Å². The Bertz CT molecular complexity index is 176. The highest BCUT2D eigenvalue weighted by Crippen LogP contribution is 2.18. The van der Waals surface area contributed by atoms with Gasteiger partial charge in [0.2, 0.25) is 0 Å². The molecule has 1 aliphatic carbocycles. The van der Waals surface area contributed by atoms with Gasteiger partial charge in [-0.25, -0.2) is 0 Å². The summed E-state index contributed by atoms with van der Waals surface area (Å²) in [5.74, 6) is 0. The Morgan fingerprint density at radius 2 is 1.94 bits per heavy atom. The van der Waals surface area contributed by atoms with Crippen LogP contribution >= 0.6 is 0 Å². The molecule has 0 bridgehead atoms. The van der Waals surface area contributed by atoms with Crippen molar-refractivity contribution in [1.82, 2.24) is 5.32 Å². The molecule has 2 N–H and O–H groups in total. The Morgan fingerprint density at radius 3 is 2.65 bits per heavy atom. The third-order valence-electron chi connectivity index (χ3n) is 2.54. The van der Waals surface area contributed by atoms with Crippen LogP contribution in [0.4, 0.5) is 0 Å². The molecule has 0 heterocycles. The van der Waals surface area contributed by atoms with Gasteiger partial charge in [-0.3, -0.25) is 0 Å². The van der Waals surface area contributed by atoms with Crippen molar-refractivity contribution in [3.63, 3.8) is 0 Å². The first-order valence-electron chi connectivity index (χ1n) is 6.39. The molecule has 1 aliphatic rings. The fraction of sp³-hybridized carbons (Fsp3) is 1.00. The number of nitrogens with one attached hydrogen (secondary N) is 1. The first kappa shape index (κ1) is 14.9. The SMILES string of the molecule is COCCOCCCOCC(O)CNC1CC1. The van der Waals surface area contributed by atoms with E-state index in [0.29, 0.717) is 45.6 Å². The van der Waals surface area contributed by atoms with Crippen LogP contribution in [-0.2, 0) is 14.2 Å². The van der Waals surface area contributed by atoms with Gasteiger partial charge in [0, 0.05) is 32.9 Å². The van der Waals surface area contributed by atoms with Crippen LogP contribution < -0.4 is 5.32 Å². The third-order valence-corrected chi connectivity index (χ3v) is 2.54. The Morgan fingerprint density at radius 1 is 1.18 bits per heavy atom. The van der Waals surface area contributed by atoms with Gasteiger partial charge in [0.25, 0.3) is 0 Å². The molecule has 1 fully saturated rings. The summed E-state index contributed by atoms with van der Waals surface area (Å²) in [6.45, 7) is 3.61. The smallest absolute Gasteiger partial charge is 0.0897 e. The predicted molar refractivity (Wildman–Crippen MR) is 65.2 cm³/mol. The molecule has 0 saturated heterocycles. The summed E-state index contributed by atoms with van der Waals surface area (Å²) in [6, 6.07) is 0.638. The van der Waals surface area contributed by atoms with E-state index < -0.39 is 6.10 Å². The molecule has 1 unspecified atom stereocenters. The first-order chi connectivity index (χ1) is 8.33. The van der Waals surface area contributed by atoms with Gasteiger partial charge >= 0.3 is 0 Å². The van der Waals surface area contributed by atoms with Crippen LogP contribution in [0.25, 0.3) is 0 Å². The molecule has 0 aromatic carbocycles. The third kappa shape index (κ3) is 9.50. The highest BCUT2D eigenvalue weighted by molar-refractivity contribution is 4.81. The van der Waals surface area contributed by atoms with Crippen molar-refractivity contribution in [2.24, 2.45) is 0 Å². The summed E-state index contributed by atoms with van der Waals surface area (Å²) < 4.78 is 15.5. The zero-order valence-corrected chi connectivity index (χ0v) is 10.7. The second kappa shape index (κ2) is 9.79. The van der Waals surface area contributed by atoms with Crippen molar-refractivity contribution in [2.45, 2.75) is 31.4 Å². The van der Waals surface area contributed by atoms with Crippen LogP contribution in [0.3, 0.4) is 0 Å². The van der Waals surface area contributed by atoms with E-state index >= 15 is 0 Å². The summed E-state index contributed by atoms with van der Waals surface area (Å²) >= 11 is 0. The molecule has 1 atom stereocenters. The molecular formula is C12H25NO4. The van der Waals surface area contributed by atoms with E-state index in [0.717, 1.165) is 6.42 Å². The van der Waals surface area contributed by atoms with E-state index in [9.17, 15) is 5.11 Å². The summed E-state index contributed by atoms with van der Waals surface area (Å²) in [4.78, 5) is 0. The average molecular weight is 247 g/mol. The molecular weight excluding hydrogens is 222 g/mol. The van der Waals surface area contributed by atoms with Crippen molar-refractivity contribution < 1.29 is 19.3 Å². The van der Waals surface area contributed by atoms with Gasteiger partial charge in [0.1, 0.15) is 0 Å². The lowest BCUT2D eigenvalue weighted by Crippen LogP contribution is -2.31. The molecule has 5 heteroatoms. The van der Waals surface area contributed by atoms with E-state index in [4.69, 9.17) is 14.2 Å². The van der Waals surface area contributed by atoms with E-state index in [1.54, 1.807) is 7.11 Å². The highest BCUT2D eigenvalue weighted by Gasteiger charge is 2.21. The van der Waals surface area contributed by atoms with Gasteiger partial charge < -0.3 is 24.6 Å². The van der Waals surface area contributed by atoms with Crippen LogP contribution in [-0.4, -0.2) is 63.9 Å². The average Bonchev–Trinajstić information content (AvgIpc) is 3.14. The van der Waals surface area contributed by atoms with E-state index in [-0.39, 0.29) is 0 Å². The fourth-order valence-electron chi connectivity index (χ4n) is 1.38. The number of rotatable bonds is 12. The molecule has 102 valence electrons. The zero-order valence-electron chi connectivity index (χ0n) is 10.7. The van der Waals surface area contributed by atoms with Crippen LogP contribution in [0.2, 0.25) is 0 Å². The Balaban J connectivity index is 1.73. The van der Waals surface area contributed by atoms with Gasteiger partial charge in [0.05, 0.1) is 25.9 Å². The number of ether oxygens (including phenoxy) is 3. The van der Waals surface area contributed by atoms with Crippen molar-refractivity contribution in [2.75, 3.05) is 46.7 Å². The molecule has 0 aliphatic heterocycles. The molecule has 1 rings (SSSR count). The number of methoxy groups -OCH3 is 1. The highest BCUT2D eigenvalue weighted by atomic mass is 16.5. The summed E-state index contributed by atoms with van der Waals surface area (Å²) in [5.41, 5.74) is 0.